The van der Waals surface area contributed by atoms with Crippen LogP contribution in [0.3, 0.4) is 0 Å². The Morgan fingerprint density at radius 2 is 2.33 bits per heavy atom. The van der Waals surface area contributed by atoms with E-state index in [0.29, 0.717) is 11.4 Å². The van der Waals surface area contributed by atoms with Crippen molar-refractivity contribution in [1.82, 2.24) is 0 Å². The molecule has 78 valence electrons. The van der Waals surface area contributed by atoms with E-state index in [1.54, 1.807) is 18.2 Å². The van der Waals surface area contributed by atoms with Crippen LogP contribution in [0.25, 0.3) is 0 Å². The summed E-state index contributed by atoms with van der Waals surface area (Å²) in [7, 11) is 0. The van der Waals surface area contributed by atoms with Crippen LogP contribution >= 0.6 is 11.6 Å². The van der Waals surface area contributed by atoms with Crippen molar-refractivity contribution in [3.05, 3.63) is 34.9 Å². The molecule has 0 aliphatic heterocycles. The Labute approximate surface area is 93.9 Å². The SMILES string of the molecule is C#CCC(Cc1cccc(Cl)c1)C(=O)O. The molecule has 1 unspecified atom stereocenters. The Hall–Kier alpha value is -1.46. The molecule has 0 aliphatic carbocycles. The molecule has 0 fully saturated rings. The Balaban J connectivity index is 2.75. The van der Waals surface area contributed by atoms with Crippen molar-refractivity contribution in [2.45, 2.75) is 12.8 Å². The van der Waals surface area contributed by atoms with Gasteiger partial charge in [-0.05, 0) is 24.1 Å². The summed E-state index contributed by atoms with van der Waals surface area (Å²) in [5.74, 6) is 0.969. The van der Waals surface area contributed by atoms with Crippen LogP contribution in [-0.4, -0.2) is 11.1 Å². The van der Waals surface area contributed by atoms with Crippen LogP contribution in [0.4, 0.5) is 0 Å². The molecule has 3 heteroatoms. The van der Waals surface area contributed by atoms with Crippen molar-refractivity contribution in [3.63, 3.8) is 0 Å². The second-order valence-electron chi connectivity index (χ2n) is 3.28. The smallest absolute Gasteiger partial charge is 0.307 e. The Bertz CT molecular complexity index is 393. The molecule has 1 N–H and O–H groups in total. The minimum Gasteiger partial charge on any atom is -0.481 e. The lowest BCUT2D eigenvalue weighted by Crippen LogP contribution is -2.15. The molecule has 0 aromatic heterocycles. The highest BCUT2D eigenvalue weighted by Crippen LogP contribution is 2.16. The minimum atomic E-state index is -0.868. The van der Waals surface area contributed by atoms with Gasteiger partial charge < -0.3 is 5.11 Å². The van der Waals surface area contributed by atoms with Gasteiger partial charge in [-0.3, -0.25) is 4.79 Å². The molecule has 1 rings (SSSR count). The molecule has 2 nitrogen and oxygen atoms in total. The topological polar surface area (TPSA) is 37.3 Å². The minimum absolute atomic E-state index is 0.238. The number of aliphatic carboxylic acids is 1. The van der Waals surface area contributed by atoms with Crippen LogP contribution < -0.4 is 0 Å². The van der Waals surface area contributed by atoms with Crippen molar-refractivity contribution in [2.24, 2.45) is 5.92 Å². The van der Waals surface area contributed by atoms with Gasteiger partial charge in [0.15, 0.2) is 0 Å². The third-order valence-electron chi connectivity index (χ3n) is 2.08. The highest BCUT2D eigenvalue weighted by molar-refractivity contribution is 6.30. The summed E-state index contributed by atoms with van der Waals surface area (Å²) in [6, 6.07) is 7.15. The van der Waals surface area contributed by atoms with Gasteiger partial charge in [0.1, 0.15) is 0 Å². The monoisotopic (exact) mass is 222 g/mol. The fraction of sp³-hybridized carbons (Fsp3) is 0.250. The zero-order valence-corrected chi connectivity index (χ0v) is 8.87. The van der Waals surface area contributed by atoms with Gasteiger partial charge in [0.05, 0.1) is 5.92 Å². The predicted molar refractivity (Wildman–Crippen MR) is 59.7 cm³/mol. The number of carboxylic acids is 1. The molecule has 0 spiro atoms. The number of benzene rings is 1. The van der Waals surface area contributed by atoms with Gasteiger partial charge in [-0.1, -0.05) is 23.7 Å². The maximum Gasteiger partial charge on any atom is 0.307 e. The highest BCUT2D eigenvalue weighted by atomic mass is 35.5. The molecular weight excluding hydrogens is 212 g/mol. The Kier molecular flexibility index (Phi) is 4.20. The summed E-state index contributed by atoms with van der Waals surface area (Å²) in [6.45, 7) is 0. The summed E-state index contributed by atoms with van der Waals surface area (Å²) in [4.78, 5) is 10.9. The van der Waals surface area contributed by atoms with Crippen LogP contribution in [0, 0.1) is 18.3 Å². The lowest BCUT2D eigenvalue weighted by atomic mass is 9.97. The highest BCUT2D eigenvalue weighted by Gasteiger charge is 2.16. The largest absolute Gasteiger partial charge is 0.481 e. The van der Waals surface area contributed by atoms with Gasteiger partial charge in [-0.15, -0.1) is 12.3 Å². The number of terminal acetylenes is 1. The summed E-state index contributed by atoms with van der Waals surface area (Å²) < 4.78 is 0. The first kappa shape index (κ1) is 11.6. The van der Waals surface area contributed by atoms with E-state index < -0.39 is 11.9 Å². The summed E-state index contributed by atoms with van der Waals surface area (Å²) in [5, 5.41) is 9.52. The fourth-order valence-corrected chi connectivity index (χ4v) is 1.55. The predicted octanol–water partition coefficient (Wildman–Crippen LogP) is 2.61. The van der Waals surface area contributed by atoms with E-state index in [1.807, 2.05) is 6.07 Å². The first-order valence-corrected chi connectivity index (χ1v) is 4.92. The molecule has 1 atom stereocenters. The van der Waals surface area contributed by atoms with Crippen LogP contribution in [-0.2, 0) is 11.2 Å². The summed E-state index contributed by atoms with van der Waals surface area (Å²) in [5.41, 5.74) is 0.894. The van der Waals surface area contributed by atoms with Crippen molar-refractivity contribution >= 4 is 17.6 Å². The van der Waals surface area contributed by atoms with E-state index in [4.69, 9.17) is 23.1 Å². The molecule has 15 heavy (non-hydrogen) atoms. The molecule has 0 aliphatic rings. The fourth-order valence-electron chi connectivity index (χ4n) is 1.34. The van der Waals surface area contributed by atoms with Crippen LogP contribution in [0.5, 0.6) is 0 Å². The Morgan fingerprint density at radius 3 is 2.87 bits per heavy atom. The molecule has 0 amide bonds. The molecular formula is C12H11ClO2. The van der Waals surface area contributed by atoms with Crippen LogP contribution in [0.2, 0.25) is 5.02 Å². The van der Waals surface area contributed by atoms with Gasteiger partial charge in [-0.2, -0.15) is 0 Å². The average Bonchev–Trinajstić information content (AvgIpc) is 2.17. The van der Waals surface area contributed by atoms with Crippen LogP contribution in [0.1, 0.15) is 12.0 Å². The van der Waals surface area contributed by atoms with E-state index >= 15 is 0 Å². The lowest BCUT2D eigenvalue weighted by Gasteiger charge is -2.08. The number of carboxylic acid groups (broad SMARTS) is 1. The van der Waals surface area contributed by atoms with Crippen molar-refractivity contribution in [2.75, 3.05) is 0 Å². The van der Waals surface area contributed by atoms with E-state index in [-0.39, 0.29) is 6.42 Å². The van der Waals surface area contributed by atoms with E-state index in [1.165, 1.54) is 0 Å². The van der Waals surface area contributed by atoms with Gasteiger partial charge in [0, 0.05) is 11.4 Å². The van der Waals surface area contributed by atoms with Crippen molar-refractivity contribution in [3.8, 4) is 12.3 Å². The summed E-state index contributed by atoms with van der Waals surface area (Å²) >= 11 is 5.80. The first-order chi connectivity index (χ1) is 7.13. The molecule has 0 radical (unpaired) electrons. The maximum absolute atomic E-state index is 10.9. The molecule has 0 saturated carbocycles. The number of hydrogen-bond acceptors (Lipinski definition) is 1. The van der Waals surface area contributed by atoms with Crippen molar-refractivity contribution in [1.29, 1.82) is 0 Å². The zero-order chi connectivity index (χ0) is 11.3. The van der Waals surface area contributed by atoms with E-state index in [2.05, 4.69) is 5.92 Å². The molecule has 0 bridgehead atoms. The van der Waals surface area contributed by atoms with Gasteiger partial charge in [0.25, 0.3) is 0 Å². The normalized spacial score (nSPS) is 11.7. The summed E-state index contributed by atoms with van der Waals surface area (Å²) in [6.07, 6.45) is 5.77. The molecule has 0 heterocycles. The van der Waals surface area contributed by atoms with Gasteiger partial charge in [0.2, 0.25) is 0 Å². The number of rotatable bonds is 4. The third kappa shape index (κ3) is 3.65. The van der Waals surface area contributed by atoms with Gasteiger partial charge in [-0.25, -0.2) is 0 Å². The Morgan fingerprint density at radius 1 is 1.60 bits per heavy atom. The second-order valence-corrected chi connectivity index (χ2v) is 3.71. The molecule has 1 aromatic carbocycles. The second kappa shape index (κ2) is 5.43. The standard InChI is InChI=1S/C12H11ClO2/c1-2-4-10(12(14)15)7-9-5-3-6-11(13)8-9/h1,3,5-6,8,10H,4,7H2,(H,14,15). The number of halogens is 1. The maximum atomic E-state index is 10.9. The first-order valence-electron chi connectivity index (χ1n) is 4.54. The van der Waals surface area contributed by atoms with Crippen molar-refractivity contribution < 1.29 is 9.90 Å². The van der Waals surface area contributed by atoms with Gasteiger partial charge >= 0.3 is 5.97 Å². The zero-order valence-electron chi connectivity index (χ0n) is 8.11. The lowest BCUT2D eigenvalue weighted by molar-refractivity contribution is -0.141. The molecule has 0 saturated heterocycles. The quantitative estimate of drug-likeness (QED) is 0.796. The number of carbonyl (C=O) groups is 1. The average molecular weight is 223 g/mol. The van der Waals surface area contributed by atoms with Crippen LogP contribution in [0.15, 0.2) is 24.3 Å². The van der Waals surface area contributed by atoms with E-state index in [0.717, 1.165) is 5.56 Å². The molecule has 1 aromatic rings. The van der Waals surface area contributed by atoms with E-state index in [9.17, 15) is 4.79 Å². The number of hydrogen-bond donors (Lipinski definition) is 1. The third-order valence-corrected chi connectivity index (χ3v) is 2.32.